The summed E-state index contributed by atoms with van der Waals surface area (Å²) in [5, 5.41) is 12.0. The van der Waals surface area contributed by atoms with Crippen LogP contribution in [-0.4, -0.2) is 20.9 Å². The number of benzene rings is 3. The summed E-state index contributed by atoms with van der Waals surface area (Å²) in [6, 6.07) is 21.3. The molecule has 0 aliphatic heterocycles. The highest BCUT2D eigenvalue weighted by Crippen LogP contribution is 2.19. The molecular formula is C23H22N4O. The minimum Gasteiger partial charge on any atom is -0.322 e. The summed E-state index contributed by atoms with van der Waals surface area (Å²) >= 11 is 0. The second kappa shape index (κ2) is 7.27. The molecule has 140 valence electrons. The van der Waals surface area contributed by atoms with E-state index in [1.54, 1.807) is 4.80 Å². The average molecular weight is 370 g/mol. The summed E-state index contributed by atoms with van der Waals surface area (Å²) in [4.78, 5) is 14.1. The van der Waals surface area contributed by atoms with Gasteiger partial charge in [0, 0.05) is 11.3 Å². The van der Waals surface area contributed by atoms with E-state index >= 15 is 0 Å². The fourth-order valence-electron chi connectivity index (χ4n) is 3.01. The van der Waals surface area contributed by atoms with Gasteiger partial charge in [-0.15, -0.1) is 10.2 Å². The van der Waals surface area contributed by atoms with Crippen molar-refractivity contribution in [2.24, 2.45) is 0 Å². The van der Waals surface area contributed by atoms with Crippen LogP contribution in [0.25, 0.3) is 16.7 Å². The minimum absolute atomic E-state index is 0.138. The molecule has 1 amide bonds. The van der Waals surface area contributed by atoms with Crippen LogP contribution < -0.4 is 5.32 Å². The maximum absolute atomic E-state index is 12.5. The van der Waals surface area contributed by atoms with Crippen LogP contribution in [0.5, 0.6) is 0 Å². The van der Waals surface area contributed by atoms with Crippen molar-refractivity contribution >= 4 is 22.6 Å². The Hall–Kier alpha value is -3.47. The van der Waals surface area contributed by atoms with Crippen molar-refractivity contribution in [3.05, 3.63) is 83.4 Å². The molecule has 0 bridgehead atoms. The number of nitrogens with one attached hydrogen (secondary N) is 1. The monoisotopic (exact) mass is 370 g/mol. The number of hydrogen-bond acceptors (Lipinski definition) is 3. The third-order valence-electron chi connectivity index (χ3n) is 4.74. The fraction of sp³-hybridized carbons (Fsp3) is 0.174. The van der Waals surface area contributed by atoms with Gasteiger partial charge in [0.1, 0.15) is 11.0 Å². The first kappa shape index (κ1) is 17.9. The van der Waals surface area contributed by atoms with Crippen LogP contribution >= 0.6 is 0 Å². The molecule has 0 aliphatic rings. The van der Waals surface area contributed by atoms with Gasteiger partial charge in [-0.1, -0.05) is 43.7 Å². The molecule has 5 heteroatoms. The van der Waals surface area contributed by atoms with Gasteiger partial charge in [0.15, 0.2) is 0 Å². The second-order valence-electron chi connectivity index (χ2n) is 7.26. The van der Waals surface area contributed by atoms with Gasteiger partial charge in [-0.3, -0.25) is 4.79 Å². The molecule has 4 rings (SSSR count). The van der Waals surface area contributed by atoms with Gasteiger partial charge in [-0.25, -0.2) is 0 Å². The molecule has 0 unspecified atom stereocenters. The standard InChI is InChI=1S/C23H22N4O/c1-15(2)17-6-8-18(9-7-17)23(28)24-19-10-13-21-22(14-19)26-27(25-21)20-11-4-16(3)5-12-20/h4-15H,1-3H3,(H,24,28). The van der Waals surface area contributed by atoms with Gasteiger partial charge < -0.3 is 5.32 Å². The van der Waals surface area contributed by atoms with E-state index < -0.39 is 0 Å². The normalized spacial score (nSPS) is 11.1. The highest BCUT2D eigenvalue weighted by Gasteiger charge is 2.10. The largest absolute Gasteiger partial charge is 0.322 e. The number of carbonyl (C=O) groups is 1. The van der Waals surface area contributed by atoms with E-state index in [1.807, 2.05) is 73.7 Å². The summed E-state index contributed by atoms with van der Waals surface area (Å²) in [7, 11) is 0. The number of hydrogen-bond donors (Lipinski definition) is 1. The Morgan fingerprint density at radius 1 is 0.893 bits per heavy atom. The zero-order chi connectivity index (χ0) is 19.7. The van der Waals surface area contributed by atoms with Gasteiger partial charge in [-0.2, -0.15) is 4.80 Å². The van der Waals surface area contributed by atoms with E-state index in [0.29, 0.717) is 17.2 Å². The minimum atomic E-state index is -0.138. The zero-order valence-corrected chi connectivity index (χ0v) is 16.2. The third-order valence-corrected chi connectivity index (χ3v) is 4.74. The fourth-order valence-corrected chi connectivity index (χ4v) is 3.01. The van der Waals surface area contributed by atoms with Crippen LogP contribution in [0.3, 0.4) is 0 Å². The number of aryl methyl sites for hydroxylation is 1. The molecule has 0 fully saturated rings. The summed E-state index contributed by atoms with van der Waals surface area (Å²) in [6.07, 6.45) is 0. The molecule has 0 saturated carbocycles. The highest BCUT2D eigenvalue weighted by molar-refractivity contribution is 6.04. The number of amides is 1. The number of fused-ring (bicyclic) bond motifs is 1. The smallest absolute Gasteiger partial charge is 0.255 e. The van der Waals surface area contributed by atoms with Gasteiger partial charge in [0.25, 0.3) is 5.91 Å². The molecule has 5 nitrogen and oxygen atoms in total. The maximum Gasteiger partial charge on any atom is 0.255 e. The van der Waals surface area contributed by atoms with Crippen LogP contribution in [0.15, 0.2) is 66.7 Å². The number of aromatic nitrogens is 3. The molecule has 0 saturated heterocycles. The summed E-state index contributed by atoms with van der Waals surface area (Å²) in [5.74, 6) is 0.302. The lowest BCUT2D eigenvalue weighted by atomic mass is 10.0. The van der Waals surface area contributed by atoms with Gasteiger partial charge in [-0.05, 0) is 60.9 Å². The molecule has 1 N–H and O–H groups in total. The van der Waals surface area contributed by atoms with Crippen molar-refractivity contribution in [1.29, 1.82) is 0 Å². The molecule has 0 spiro atoms. The van der Waals surface area contributed by atoms with Crippen LogP contribution in [0.4, 0.5) is 5.69 Å². The molecule has 0 atom stereocenters. The van der Waals surface area contributed by atoms with E-state index in [2.05, 4.69) is 29.4 Å². The van der Waals surface area contributed by atoms with E-state index in [4.69, 9.17) is 0 Å². The Morgan fingerprint density at radius 3 is 2.25 bits per heavy atom. The van der Waals surface area contributed by atoms with E-state index in [1.165, 1.54) is 11.1 Å². The topological polar surface area (TPSA) is 59.8 Å². The average Bonchev–Trinajstić information content (AvgIpc) is 3.12. The van der Waals surface area contributed by atoms with E-state index in [0.717, 1.165) is 16.7 Å². The number of rotatable bonds is 4. The Kier molecular flexibility index (Phi) is 4.65. The van der Waals surface area contributed by atoms with Crippen LogP contribution in [-0.2, 0) is 0 Å². The van der Waals surface area contributed by atoms with Crippen molar-refractivity contribution < 1.29 is 4.79 Å². The number of anilines is 1. The summed E-state index contributed by atoms with van der Waals surface area (Å²) < 4.78 is 0. The van der Waals surface area contributed by atoms with Gasteiger partial charge in [0.2, 0.25) is 0 Å². The lowest BCUT2D eigenvalue weighted by Crippen LogP contribution is -2.11. The molecular weight excluding hydrogens is 348 g/mol. The van der Waals surface area contributed by atoms with E-state index in [-0.39, 0.29) is 5.91 Å². The lowest BCUT2D eigenvalue weighted by Gasteiger charge is -2.08. The van der Waals surface area contributed by atoms with Crippen molar-refractivity contribution in [1.82, 2.24) is 15.0 Å². The number of nitrogens with zero attached hydrogens (tertiary/aromatic N) is 3. The maximum atomic E-state index is 12.5. The van der Waals surface area contributed by atoms with Crippen LogP contribution in [0.1, 0.15) is 41.3 Å². The first-order chi connectivity index (χ1) is 13.5. The molecule has 1 aromatic heterocycles. The summed E-state index contributed by atoms with van der Waals surface area (Å²) in [5.41, 5.74) is 6.14. The van der Waals surface area contributed by atoms with Gasteiger partial charge >= 0.3 is 0 Å². The SMILES string of the molecule is Cc1ccc(-n2nc3ccc(NC(=O)c4ccc(C(C)C)cc4)cc3n2)cc1. The molecule has 0 aliphatic carbocycles. The predicted octanol–water partition coefficient (Wildman–Crippen LogP) is 5.10. The summed E-state index contributed by atoms with van der Waals surface area (Å²) in [6.45, 7) is 6.31. The molecule has 4 aromatic rings. The van der Waals surface area contributed by atoms with Crippen molar-refractivity contribution in [3.8, 4) is 5.69 Å². The Labute approximate surface area is 164 Å². The van der Waals surface area contributed by atoms with Crippen molar-refractivity contribution in [3.63, 3.8) is 0 Å². The van der Waals surface area contributed by atoms with Crippen LogP contribution in [0.2, 0.25) is 0 Å². The first-order valence-electron chi connectivity index (χ1n) is 9.35. The lowest BCUT2D eigenvalue weighted by molar-refractivity contribution is 0.102. The first-order valence-corrected chi connectivity index (χ1v) is 9.35. The molecule has 3 aromatic carbocycles. The molecule has 28 heavy (non-hydrogen) atoms. The quantitative estimate of drug-likeness (QED) is 0.543. The highest BCUT2D eigenvalue weighted by atomic mass is 16.1. The molecule has 0 radical (unpaired) electrons. The van der Waals surface area contributed by atoms with E-state index in [9.17, 15) is 4.79 Å². The van der Waals surface area contributed by atoms with Crippen LogP contribution in [0, 0.1) is 6.92 Å². The van der Waals surface area contributed by atoms with Gasteiger partial charge in [0.05, 0.1) is 5.69 Å². The second-order valence-corrected chi connectivity index (χ2v) is 7.26. The Morgan fingerprint density at radius 2 is 1.57 bits per heavy atom. The number of carbonyl (C=O) groups excluding carboxylic acids is 1. The van der Waals surface area contributed by atoms with Crippen molar-refractivity contribution in [2.75, 3.05) is 5.32 Å². The van der Waals surface area contributed by atoms with Crippen molar-refractivity contribution in [2.45, 2.75) is 26.7 Å². The Balaban J connectivity index is 1.55. The zero-order valence-electron chi connectivity index (χ0n) is 16.2. The Bertz CT molecular complexity index is 1130. The molecule has 1 heterocycles. The predicted molar refractivity (Wildman–Crippen MR) is 112 cm³/mol. The third kappa shape index (κ3) is 3.64.